The van der Waals surface area contributed by atoms with E-state index in [4.69, 9.17) is 5.73 Å². The summed E-state index contributed by atoms with van der Waals surface area (Å²) in [6.45, 7) is 4.09. The molecule has 3 amide bonds. The standard InChI is InChI=1S/C13H17N3O2/c1-3-9(2)15-8-12(17)16(13(15)18)11-6-4-10(14)5-7-11/h4-7,9H,3,8,14H2,1-2H3. The number of urea groups is 1. The minimum Gasteiger partial charge on any atom is -0.399 e. The third-order valence-electron chi connectivity index (χ3n) is 3.27. The highest BCUT2D eigenvalue weighted by molar-refractivity contribution is 6.19. The number of nitrogens with zero attached hydrogens (tertiary/aromatic N) is 2. The highest BCUT2D eigenvalue weighted by Crippen LogP contribution is 2.24. The fourth-order valence-electron chi connectivity index (χ4n) is 1.96. The summed E-state index contributed by atoms with van der Waals surface area (Å²) in [5, 5.41) is 0. The summed E-state index contributed by atoms with van der Waals surface area (Å²) in [5.41, 5.74) is 6.77. The maximum Gasteiger partial charge on any atom is 0.332 e. The number of anilines is 2. The Morgan fingerprint density at radius 1 is 1.28 bits per heavy atom. The van der Waals surface area contributed by atoms with Crippen molar-refractivity contribution in [3.05, 3.63) is 24.3 Å². The van der Waals surface area contributed by atoms with Gasteiger partial charge >= 0.3 is 6.03 Å². The molecule has 1 heterocycles. The van der Waals surface area contributed by atoms with Gasteiger partial charge in [-0.2, -0.15) is 0 Å². The highest BCUT2D eigenvalue weighted by Gasteiger charge is 2.38. The highest BCUT2D eigenvalue weighted by atomic mass is 16.2. The van der Waals surface area contributed by atoms with Gasteiger partial charge in [0.1, 0.15) is 6.54 Å². The normalized spacial score (nSPS) is 17.4. The molecular formula is C13H17N3O2. The fraction of sp³-hybridized carbons (Fsp3) is 0.385. The number of imide groups is 1. The molecule has 0 aromatic heterocycles. The van der Waals surface area contributed by atoms with Crippen LogP contribution >= 0.6 is 0 Å². The maximum atomic E-state index is 12.2. The van der Waals surface area contributed by atoms with Crippen LogP contribution in [0.4, 0.5) is 16.2 Å². The summed E-state index contributed by atoms with van der Waals surface area (Å²) < 4.78 is 0. The molecule has 2 rings (SSSR count). The Balaban J connectivity index is 2.27. The van der Waals surface area contributed by atoms with Gasteiger partial charge in [-0.1, -0.05) is 6.92 Å². The molecule has 1 aliphatic heterocycles. The number of amides is 3. The Hall–Kier alpha value is -2.04. The van der Waals surface area contributed by atoms with E-state index in [1.165, 1.54) is 4.90 Å². The Bertz CT molecular complexity index is 470. The van der Waals surface area contributed by atoms with Crippen molar-refractivity contribution in [1.29, 1.82) is 0 Å². The van der Waals surface area contributed by atoms with E-state index < -0.39 is 0 Å². The molecule has 1 aromatic rings. The Kier molecular flexibility index (Phi) is 3.23. The summed E-state index contributed by atoms with van der Waals surface area (Å²) in [5.74, 6) is -0.190. The number of benzene rings is 1. The van der Waals surface area contributed by atoms with Crippen molar-refractivity contribution in [1.82, 2.24) is 4.90 Å². The second-order valence-corrected chi connectivity index (χ2v) is 4.49. The van der Waals surface area contributed by atoms with Crippen LogP contribution in [0.25, 0.3) is 0 Å². The predicted octanol–water partition coefficient (Wildman–Crippen LogP) is 1.84. The second kappa shape index (κ2) is 4.68. The lowest BCUT2D eigenvalue weighted by Crippen LogP contribution is -2.37. The third kappa shape index (κ3) is 2.03. The first-order valence-electron chi connectivity index (χ1n) is 6.03. The maximum absolute atomic E-state index is 12.2. The molecule has 2 N–H and O–H groups in total. The van der Waals surface area contributed by atoms with Crippen molar-refractivity contribution in [3.8, 4) is 0 Å². The van der Waals surface area contributed by atoms with Crippen molar-refractivity contribution >= 4 is 23.3 Å². The SMILES string of the molecule is CCC(C)N1CC(=O)N(c2ccc(N)cc2)C1=O. The first-order chi connectivity index (χ1) is 8.54. The van der Waals surface area contributed by atoms with Crippen molar-refractivity contribution < 1.29 is 9.59 Å². The van der Waals surface area contributed by atoms with Crippen molar-refractivity contribution in [2.75, 3.05) is 17.2 Å². The number of carbonyl (C=O) groups is 2. The van der Waals surface area contributed by atoms with Crippen molar-refractivity contribution in [2.24, 2.45) is 0 Å². The van der Waals surface area contributed by atoms with Crippen LogP contribution in [0.3, 0.4) is 0 Å². The van der Waals surface area contributed by atoms with E-state index >= 15 is 0 Å². The number of hydrogen-bond acceptors (Lipinski definition) is 3. The molecule has 1 atom stereocenters. The number of carbonyl (C=O) groups excluding carboxylic acids is 2. The molecule has 0 radical (unpaired) electrons. The summed E-state index contributed by atoms with van der Waals surface area (Å²) in [4.78, 5) is 26.9. The molecule has 1 aliphatic rings. The van der Waals surface area contributed by atoms with Gasteiger partial charge in [0, 0.05) is 11.7 Å². The molecule has 0 aliphatic carbocycles. The minimum absolute atomic E-state index is 0.0697. The largest absolute Gasteiger partial charge is 0.399 e. The molecule has 0 spiro atoms. The first kappa shape index (κ1) is 12.4. The van der Waals surface area contributed by atoms with E-state index in [-0.39, 0.29) is 24.5 Å². The van der Waals surface area contributed by atoms with E-state index in [0.717, 1.165) is 6.42 Å². The zero-order valence-electron chi connectivity index (χ0n) is 10.6. The topological polar surface area (TPSA) is 66.6 Å². The molecule has 96 valence electrons. The molecule has 1 saturated heterocycles. The second-order valence-electron chi connectivity index (χ2n) is 4.49. The lowest BCUT2D eigenvalue weighted by atomic mass is 10.2. The van der Waals surface area contributed by atoms with Gasteiger partial charge in [0.25, 0.3) is 5.91 Å². The van der Waals surface area contributed by atoms with Crippen LogP contribution in [0.2, 0.25) is 0 Å². The minimum atomic E-state index is -0.251. The predicted molar refractivity (Wildman–Crippen MR) is 70.2 cm³/mol. The van der Waals surface area contributed by atoms with Gasteiger partial charge in [0.05, 0.1) is 5.69 Å². The first-order valence-corrected chi connectivity index (χ1v) is 6.03. The molecule has 0 saturated carbocycles. The third-order valence-corrected chi connectivity index (χ3v) is 3.27. The molecule has 18 heavy (non-hydrogen) atoms. The van der Waals surface area contributed by atoms with Crippen LogP contribution in [-0.2, 0) is 4.79 Å². The van der Waals surface area contributed by atoms with Crippen LogP contribution in [-0.4, -0.2) is 29.4 Å². The molecule has 0 bridgehead atoms. The summed E-state index contributed by atoms with van der Waals surface area (Å²) in [6.07, 6.45) is 0.828. The molecule has 5 heteroatoms. The summed E-state index contributed by atoms with van der Waals surface area (Å²) in [7, 11) is 0. The van der Waals surface area contributed by atoms with E-state index in [1.54, 1.807) is 29.2 Å². The molecule has 5 nitrogen and oxygen atoms in total. The van der Waals surface area contributed by atoms with Crippen LogP contribution in [0.15, 0.2) is 24.3 Å². The number of hydrogen-bond donors (Lipinski definition) is 1. The van der Waals surface area contributed by atoms with Crippen LogP contribution in [0.5, 0.6) is 0 Å². The van der Waals surface area contributed by atoms with Gasteiger partial charge in [0.15, 0.2) is 0 Å². The zero-order valence-corrected chi connectivity index (χ0v) is 10.6. The van der Waals surface area contributed by atoms with Crippen molar-refractivity contribution in [3.63, 3.8) is 0 Å². The number of nitrogens with two attached hydrogens (primary N) is 1. The fourth-order valence-corrected chi connectivity index (χ4v) is 1.96. The zero-order chi connectivity index (χ0) is 13.3. The molecule has 1 fully saturated rings. The Morgan fingerprint density at radius 3 is 2.44 bits per heavy atom. The molecule has 1 unspecified atom stereocenters. The van der Waals surface area contributed by atoms with Crippen LogP contribution < -0.4 is 10.6 Å². The van der Waals surface area contributed by atoms with Gasteiger partial charge in [-0.15, -0.1) is 0 Å². The van der Waals surface area contributed by atoms with Gasteiger partial charge in [-0.3, -0.25) is 4.79 Å². The van der Waals surface area contributed by atoms with Crippen LogP contribution in [0.1, 0.15) is 20.3 Å². The Morgan fingerprint density at radius 2 is 1.89 bits per heavy atom. The quantitative estimate of drug-likeness (QED) is 0.654. The smallest absolute Gasteiger partial charge is 0.332 e. The lowest BCUT2D eigenvalue weighted by Gasteiger charge is -2.22. The molecular weight excluding hydrogens is 230 g/mol. The molecule has 1 aromatic carbocycles. The van der Waals surface area contributed by atoms with E-state index in [2.05, 4.69) is 0 Å². The van der Waals surface area contributed by atoms with E-state index in [0.29, 0.717) is 11.4 Å². The average Bonchev–Trinajstić information content (AvgIpc) is 2.65. The van der Waals surface area contributed by atoms with Gasteiger partial charge < -0.3 is 10.6 Å². The van der Waals surface area contributed by atoms with Crippen LogP contribution in [0, 0.1) is 0 Å². The Labute approximate surface area is 106 Å². The monoisotopic (exact) mass is 247 g/mol. The average molecular weight is 247 g/mol. The van der Waals surface area contributed by atoms with Crippen molar-refractivity contribution in [2.45, 2.75) is 26.3 Å². The summed E-state index contributed by atoms with van der Waals surface area (Å²) in [6, 6.07) is 6.56. The van der Waals surface area contributed by atoms with Gasteiger partial charge in [-0.05, 0) is 37.6 Å². The lowest BCUT2D eigenvalue weighted by molar-refractivity contribution is -0.116. The number of rotatable bonds is 3. The number of nitrogen functional groups attached to an aromatic ring is 1. The van der Waals surface area contributed by atoms with Gasteiger partial charge in [0.2, 0.25) is 0 Å². The summed E-state index contributed by atoms with van der Waals surface area (Å²) >= 11 is 0. The van der Waals surface area contributed by atoms with Gasteiger partial charge in [-0.25, -0.2) is 9.69 Å². The van der Waals surface area contributed by atoms with E-state index in [9.17, 15) is 9.59 Å². The van der Waals surface area contributed by atoms with E-state index in [1.807, 2.05) is 13.8 Å².